The van der Waals surface area contributed by atoms with Gasteiger partial charge in [-0.3, -0.25) is 9.59 Å². The molecule has 0 spiro atoms. The van der Waals surface area contributed by atoms with Gasteiger partial charge in [0.05, 0.1) is 0 Å². The van der Waals surface area contributed by atoms with Crippen molar-refractivity contribution in [1.29, 1.82) is 0 Å². The standard InChI is InChI=1S/C17H19N3O2/c1-12-5-3-7-14(11-12)17(22)19-10-8-15(21)20-16-13(2)6-4-9-18-16/h3-7,9,11H,8,10H2,1-2H3,(H,19,22)(H,18,20,21). The van der Waals surface area contributed by atoms with Crippen LogP contribution < -0.4 is 10.6 Å². The van der Waals surface area contributed by atoms with Gasteiger partial charge in [0.15, 0.2) is 0 Å². The number of nitrogens with one attached hydrogen (secondary N) is 2. The Labute approximate surface area is 129 Å². The lowest BCUT2D eigenvalue weighted by molar-refractivity contribution is -0.116. The van der Waals surface area contributed by atoms with Gasteiger partial charge in [-0.2, -0.15) is 0 Å². The topological polar surface area (TPSA) is 71.1 Å². The molecule has 22 heavy (non-hydrogen) atoms. The Bertz CT molecular complexity index is 683. The summed E-state index contributed by atoms with van der Waals surface area (Å²) in [4.78, 5) is 27.9. The monoisotopic (exact) mass is 297 g/mol. The van der Waals surface area contributed by atoms with E-state index >= 15 is 0 Å². The molecule has 1 aromatic carbocycles. The molecule has 2 N–H and O–H groups in total. The van der Waals surface area contributed by atoms with Gasteiger partial charge in [-0.15, -0.1) is 0 Å². The minimum absolute atomic E-state index is 0.175. The van der Waals surface area contributed by atoms with Crippen LogP contribution in [0.15, 0.2) is 42.6 Å². The molecule has 0 saturated carbocycles. The Balaban J connectivity index is 1.80. The highest BCUT2D eigenvalue weighted by molar-refractivity contribution is 5.95. The zero-order chi connectivity index (χ0) is 15.9. The largest absolute Gasteiger partial charge is 0.352 e. The first-order chi connectivity index (χ1) is 10.6. The van der Waals surface area contributed by atoms with Gasteiger partial charge in [0.25, 0.3) is 5.91 Å². The van der Waals surface area contributed by atoms with E-state index in [0.717, 1.165) is 11.1 Å². The van der Waals surface area contributed by atoms with Crippen molar-refractivity contribution in [3.05, 3.63) is 59.3 Å². The molecular weight excluding hydrogens is 278 g/mol. The van der Waals surface area contributed by atoms with E-state index in [1.807, 2.05) is 44.2 Å². The average Bonchev–Trinajstić information content (AvgIpc) is 2.49. The van der Waals surface area contributed by atoms with Crippen LogP contribution in [0.4, 0.5) is 5.82 Å². The fraction of sp³-hybridized carbons (Fsp3) is 0.235. The van der Waals surface area contributed by atoms with Crippen molar-refractivity contribution in [2.75, 3.05) is 11.9 Å². The van der Waals surface area contributed by atoms with Gasteiger partial charge in [-0.25, -0.2) is 4.98 Å². The summed E-state index contributed by atoms with van der Waals surface area (Å²) in [5.41, 5.74) is 2.52. The first-order valence-corrected chi connectivity index (χ1v) is 7.12. The molecule has 2 amide bonds. The predicted molar refractivity (Wildman–Crippen MR) is 85.7 cm³/mol. The van der Waals surface area contributed by atoms with Gasteiger partial charge in [0, 0.05) is 24.7 Å². The smallest absolute Gasteiger partial charge is 0.251 e. The van der Waals surface area contributed by atoms with E-state index in [0.29, 0.717) is 11.4 Å². The molecule has 0 unspecified atom stereocenters. The van der Waals surface area contributed by atoms with Crippen LogP contribution >= 0.6 is 0 Å². The number of carbonyl (C=O) groups is 2. The number of benzene rings is 1. The quantitative estimate of drug-likeness (QED) is 0.890. The van der Waals surface area contributed by atoms with E-state index in [-0.39, 0.29) is 24.8 Å². The van der Waals surface area contributed by atoms with Gasteiger partial charge < -0.3 is 10.6 Å². The van der Waals surface area contributed by atoms with Crippen LogP contribution in [0.3, 0.4) is 0 Å². The van der Waals surface area contributed by atoms with Crippen LogP contribution in [0, 0.1) is 13.8 Å². The molecule has 2 aromatic rings. The molecule has 5 heteroatoms. The van der Waals surface area contributed by atoms with Crippen LogP contribution in [0.1, 0.15) is 27.9 Å². The lowest BCUT2D eigenvalue weighted by atomic mass is 10.1. The molecule has 2 rings (SSSR count). The van der Waals surface area contributed by atoms with Crippen molar-refractivity contribution in [2.45, 2.75) is 20.3 Å². The highest BCUT2D eigenvalue weighted by Crippen LogP contribution is 2.09. The summed E-state index contributed by atoms with van der Waals surface area (Å²) in [6, 6.07) is 11.0. The maximum absolute atomic E-state index is 11.9. The van der Waals surface area contributed by atoms with E-state index < -0.39 is 0 Å². The fourth-order valence-corrected chi connectivity index (χ4v) is 1.99. The van der Waals surface area contributed by atoms with Gasteiger partial charge >= 0.3 is 0 Å². The van der Waals surface area contributed by atoms with Crippen molar-refractivity contribution in [1.82, 2.24) is 10.3 Å². The molecule has 0 fully saturated rings. The average molecular weight is 297 g/mol. The Kier molecular flexibility index (Phi) is 5.25. The summed E-state index contributed by atoms with van der Waals surface area (Å²) in [7, 11) is 0. The minimum Gasteiger partial charge on any atom is -0.352 e. The van der Waals surface area contributed by atoms with E-state index in [4.69, 9.17) is 0 Å². The Morgan fingerprint density at radius 2 is 1.95 bits per heavy atom. The normalized spacial score (nSPS) is 10.1. The predicted octanol–water partition coefficient (Wildman–Crippen LogP) is 2.46. The number of pyridine rings is 1. The van der Waals surface area contributed by atoms with Crippen molar-refractivity contribution < 1.29 is 9.59 Å². The van der Waals surface area contributed by atoms with E-state index in [1.165, 1.54) is 0 Å². The summed E-state index contributed by atoms with van der Waals surface area (Å²) in [5.74, 6) is 0.203. The number of amides is 2. The third kappa shape index (κ3) is 4.41. The van der Waals surface area contributed by atoms with Crippen LogP contribution in [-0.4, -0.2) is 23.3 Å². The first kappa shape index (κ1) is 15.7. The summed E-state index contributed by atoms with van der Waals surface area (Å²) in [6.07, 6.45) is 1.83. The lowest BCUT2D eigenvalue weighted by Crippen LogP contribution is -2.27. The highest BCUT2D eigenvalue weighted by atomic mass is 16.2. The van der Waals surface area contributed by atoms with Gasteiger partial charge in [-0.05, 0) is 37.6 Å². The second-order valence-electron chi connectivity index (χ2n) is 5.09. The molecule has 0 aliphatic heterocycles. The summed E-state index contributed by atoms with van der Waals surface area (Å²) in [6.45, 7) is 4.09. The van der Waals surface area contributed by atoms with E-state index in [1.54, 1.807) is 12.3 Å². The molecule has 0 radical (unpaired) electrons. The summed E-state index contributed by atoms with van der Waals surface area (Å²) in [5, 5.41) is 5.47. The highest BCUT2D eigenvalue weighted by Gasteiger charge is 2.08. The maximum atomic E-state index is 11.9. The molecule has 5 nitrogen and oxygen atoms in total. The number of aryl methyl sites for hydroxylation is 2. The molecule has 114 valence electrons. The Morgan fingerprint density at radius 1 is 1.14 bits per heavy atom. The van der Waals surface area contributed by atoms with E-state index in [2.05, 4.69) is 15.6 Å². The van der Waals surface area contributed by atoms with Crippen LogP contribution in [-0.2, 0) is 4.79 Å². The SMILES string of the molecule is Cc1cccc(C(=O)NCCC(=O)Nc2ncccc2C)c1. The van der Waals surface area contributed by atoms with Gasteiger partial charge in [-0.1, -0.05) is 23.8 Å². The number of rotatable bonds is 5. The van der Waals surface area contributed by atoms with E-state index in [9.17, 15) is 9.59 Å². The first-order valence-electron chi connectivity index (χ1n) is 7.12. The number of nitrogens with zero attached hydrogens (tertiary/aromatic N) is 1. The number of hydrogen-bond acceptors (Lipinski definition) is 3. The molecule has 0 saturated heterocycles. The molecule has 0 atom stereocenters. The van der Waals surface area contributed by atoms with Crippen LogP contribution in [0.5, 0.6) is 0 Å². The van der Waals surface area contributed by atoms with Crippen molar-refractivity contribution in [2.24, 2.45) is 0 Å². The van der Waals surface area contributed by atoms with Gasteiger partial charge in [0.1, 0.15) is 5.82 Å². The number of aromatic nitrogens is 1. The third-order valence-electron chi connectivity index (χ3n) is 3.19. The Morgan fingerprint density at radius 3 is 2.68 bits per heavy atom. The molecular formula is C17H19N3O2. The van der Waals surface area contributed by atoms with Crippen molar-refractivity contribution in [3.8, 4) is 0 Å². The van der Waals surface area contributed by atoms with Crippen molar-refractivity contribution >= 4 is 17.6 Å². The second kappa shape index (κ2) is 7.36. The number of carbonyl (C=O) groups excluding carboxylic acids is 2. The fourth-order valence-electron chi connectivity index (χ4n) is 1.99. The zero-order valence-electron chi connectivity index (χ0n) is 12.7. The molecule has 1 heterocycles. The number of hydrogen-bond donors (Lipinski definition) is 2. The van der Waals surface area contributed by atoms with Crippen molar-refractivity contribution in [3.63, 3.8) is 0 Å². The lowest BCUT2D eigenvalue weighted by Gasteiger charge is -2.08. The summed E-state index contributed by atoms with van der Waals surface area (Å²) < 4.78 is 0. The minimum atomic E-state index is -0.175. The van der Waals surface area contributed by atoms with Gasteiger partial charge in [0.2, 0.25) is 5.91 Å². The second-order valence-corrected chi connectivity index (χ2v) is 5.09. The summed E-state index contributed by atoms with van der Waals surface area (Å²) >= 11 is 0. The van der Waals surface area contributed by atoms with Crippen LogP contribution in [0.2, 0.25) is 0 Å². The molecule has 1 aromatic heterocycles. The number of anilines is 1. The molecule has 0 bridgehead atoms. The molecule has 0 aliphatic carbocycles. The third-order valence-corrected chi connectivity index (χ3v) is 3.19. The van der Waals surface area contributed by atoms with Crippen LogP contribution in [0.25, 0.3) is 0 Å². The Hall–Kier alpha value is -2.69. The maximum Gasteiger partial charge on any atom is 0.251 e. The molecule has 0 aliphatic rings. The zero-order valence-corrected chi connectivity index (χ0v) is 12.7.